The molecule has 2 aliphatic heterocycles. The van der Waals surface area contributed by atoms with Crippen LogP contribution in [0, 0.1) is 11.6 Å². The number of benzene rings is 2. The molecular weight excluding hydrogens is 416 g/mol. The SMILES string of the molecule is O=C1NCCOc2ccc(CN3CCN(S(=O)(=O)c4ccc(F)cc4F)CC3)cc21. The first-order valence-electron chi connectivity index (χ1n) is 9.56. The van der Waals surface area contributed by atoms with E-state index < -0.39 is 26.6 Å². The quantitative estimate of drug-likeness (QED) is 0.786. The third kappa shape index (κ3) is 4.16. The molecule has 2 aliphatic rings. The second kappa shape index (κ2) is 8.29. The van der Waals surface area contributed by atoms with Gasteiger partial charge in [0.15, 0.2) is 0 Å². The van der Waals surface area contributed by atoms with Crippen LogP contribution in [0.5, 0.6) is 5.75 Å². The van der Waals surface area contributed by atoms with E-state index in [1.807, 2.05) is 6.07 Å². The van der Waals surface area contributed by atoms with Gasteiger partial charge in [-0.15, -0.1) is 0 Å². The number of fused-ring (bicyclic) bond motifs is 1. The minimum absolute atomic E-state index is 0.179. The number of rotatable bonds is 4. The van der Waals surface area contributed by atoms with Crippen LogP contribution < -0.4 is 10.1 Å². The minimum Gasteiger partial charge on any atom is -0.491 e. The summed E-state index contributed by atoms with van der Waals surface area (Å²) in [5, 5.41) is 2.77. The largest absolute Gasteiger partial charge is 0.491 e. The van der Waals surface area contributed by atoms with Gasteiger partial charge in [-0.3, -0.25) is 9.69 Å². The molecule has 2 aromatic rings. The number of carbonyl (C=O) groups excluding carboxylic acids is 1. The van der Waals surface area contributed by atoms with E-state index in [-0.39, 0.29) is 19.0 Å². The van der Waals surface area contributed by atoms with Gasteiger partial charge in [-0.25, -0.2) is 17.2 Å². The lowest BCUT2D eigenvalue weighted by atomic mass is 10.1. The fraction of sp³-hybridized carbons (Fsp3) is 0.350. The van der Waals surface area contributed by atoms with Gasteiger partial charge >= 0.3 is 0 Å². The monoisotopic (exact) mass is 437 g/mol. The maximum absolute atomic E-state index is 14.0. The van der Waals surface area contributed by atoms with Gasteiger partial charge in [0, 0.05) is 38.8 Å². The molecule has 7 nitrogen and oxygen atoms in total. The molecule has 2 aromatic carbocycles. The van der Waals surface area contributed by atoms with Crippen molar-refractivity contribution in [3.05, 3.63) is 59.2 Å². The molecule has 0 spiro atoms. The lowest BCUT2D eigenvalue weighted by Gasteiger charge is -2.34. The number of piperazine rings is 1. The third-order valence-corrected chi connectivity index (χ3v) is 7.11. The average Bonchev–Trinajstić information content (AvgIpc) is 2.89. The number of carbonyl (C=O) groups is 1. The normalized spacial score (nSPS) is 18.3. The van der Waals surface area contributed by atoms with Crippen molar-refractivity contribution in [2.45, 2.75) is 11.4 Å². The van der Waals surface area contributed by atoms with Crippen LogP contribution in [-0.4, -0.2) is 62.9 Å². The van der Waals surface area contributed by atoms with Crippen LogP contribution in [0.4, 0.5) is 8.78 Å². The average molecular weight is 437 g/mol. The Hall–Kier alpha value is -2.56. The van der Waals surface area contributed by atoms with E-state index in [1.165, 1.54) is 4.31 Å². The predicted molar refractivity (Wildman–Crippen MR) is 105 cm³/mol. The Balaban J connectivity index is 1.42. The summed E-state index contributed by atoms with van der Waals surface area (Å²) >= 11 is 0. The molecule has 1 fully saturated rings. The molecule has 30 heavy (non-hydrogen) atoms. The lowest BCUT2D eigenvalue weighted by Crippen LogP contribution is -2.48. The molecule has 0 unspecified atom stereocenters. The molecule has 0 saturated carbocycles. The number of ether oxygens (including phenoxy) is 1. The van der Waals surface area contributed by atoms with E-state index in [4.69, 9.17) is 4.74 Å². The van der Waals surface area contributed by atoms with Crippen molar-refractivity contribution in [3.63, 3.8) is 0 Å². The molecule has 10 heteroatoms. The number of amides is 1. The standard InChI is InChI=1S/C20H21F2N3O4S/c21-15-2-4-19(17(22)12-15)30(27,28)25-8-6-24(7-9-25)13-14-1-3-18-16(11-14)20(26)23-5-10-29-18/h1-4,11-12H,5-10,13H2,(H,23,26). The molecule has 1 amide bonds. The molecule has 1 N–H and O–H groups in total. The Kier molecular flexibility index (Phi) is 5.72. The number of halogens is 2. The highest BCUT2D eigenvalue weighted by Crippen LogP contribution is 2.24. The number of nitrogens with one attached hydrogen (secondary N) is 1. The van der Waals surface area contributed by atoms with E-state index in [2.05, 4.69) is 10.2 Å². The Morgan fingerprint density at radius 2 is 1.80 bits per heavy atom. The van der Waals surface area contributed by atoms with Gasteiger partial charge in [-0.2, -0.15) is 4.31 Å². The van der Waals surface area contributed by atoms with Crippen molar-refractivity contribution in [1.82, 2.24) is 14.5 Å². The summed E-state index contributed by atoms with van der Waals surface area (Å²) in [5.41, 5.74) is 1.40. The molecular formula is C20H21F2N3O4S. The highest BCUT2D eigenvalue weighted by molar-refractivity contribution is 7.89. The fourth-order valence-electron chi connectivity index (χ4n) is 3.61. The van der Waals surface area contributed by atoms with Crippen LogP contribution in [0.25, 0.3) is 0 Å². The van der Waals surface area contributed by atoms with E-state index in [0.717, 1.165) is 17.7 Å². The summed E-state index contributed by atoms with van der Waals surface area (Å²) in [6, 6.07) is 7.90. The van der Waals surface area contributed by atoms with Gasteiger partial charge in [0.25, 0.3) is 5.91 Å². The summed E-state index contributed by atoms with van der Waals surface area (Å²) in [7, 11) is -4.03. The van der Waals surface area contributed by atoms with Crippen molar-refractivity contribution in [3.8, 4) is 5.75 Å². The van der Waals surface area contributed by atoms with E-state index in [9.17, 15) is 22.0 Å². The summed E-state index contributed by atoms with van der Waals surface area (Å²) < 4.78 is 59.2. The topological polar surface area (TPSA) is 79.0 Å². The van der Waals surface area contributed by atoms with Crippen LogP contribution >= 0.6 is 0 Å². The second-order valence-electron chi connectivity index (χ2n) is 7.19. The van der Waals surface area contributed by atoms with Crippen molar-refractivity contribution < 1.29 is 26.7 Å². The van der Waals surface area contributed by atoms with Crippen LogP contribution in [0.1, 0.15) is 15.9 Å². The number of hydrogen-bond acceptors (Lipinski definition) is 5. The maximum Gasteiger partial charge on any atom is 0.255 e. The van der Waals surface area contributed by atoms with Gasteiger partial charge in [0.2, 0.25) is 10.0 Å². The molecule has 0 bridgehead atoms. The zero-order chi connectivity index (χ0) is 21.3. The third-order valence-electron chi connectivity index (χ3n) is 5.18. The molecule has 0 atom stereocenters. The zero-order valence-electron chi connectivity index (χ0n) is 16.1. The molecule has 160 valence electrons. The first kappa shape index (κ1) is 20.7. The molecule has 0 aromatic heterocycles. The van der Waals surface area contributed by atoms with Crippen LogP contribution in [0.15, 0.2) is 41.3 Å². The first-order valence-corrected chi connectivity index (χ1v) is 11.0. The van der Waals surface area contributed by atoms with Gasteiger partial charge in [0.05, 0.1) is 12.1 Å². The summed E-state index contributed by atoms with van der Waals surface area (Å²) in [6.07, 6.45) is 0. The second-order valence-corrected chi connectivity index (χ2v) is 9.10. The van der Waals surface area contributed by atoms with E-state index >= 15 is 0 Å². The zero-order valence-corrected chi connectivity index (χ0v) is 16.9. The smallest absolute Gasteiger partial charge is 0.255 e. The van der Waals surface area contributed by atoms with Crippen molar-refractivity contribution in [2.75, 3.05) is 39.3 Å². The molecule has 0 aliphatic carbocycles. The Labute approximate surface area is 173 Å². The summed E-state index contributed by atoms with van der Waals surface area (Å²) in [6.45, 7) is 2.68. The Morgan fingerprint density at radius 1 is 1.03 bits per heavy atom. The molecule has 1 saturated heterocycles. The fourth-order valence-corrected chi connectivity index (χ4v) is 5.08. The number of sulfonamides is 1. The molecule has 0 radical (unpaired) electrons. The summed E-state index contributed by atoms with van der Waals surface area (Å²) in [4.78, 5) is 13.7. The van der Waals surface area contributed by atoms with E-state index in [1.54, 1.807) is 12.1 Å². The lowest BCUT2D eigenvalue weighted by molar-refractivity contribution is 0.0957. The van der Waals surface area contributed by atoms with Crippen molar-refractivity contribution in [1.29, 1.82) is 0 Å². The van der Waals surface area contributed by atoms with Gasteiger partial charge in [-0.05, 0) is 29.8 Å². The number of nitrogens with zero attached hydrogens (tertiary/aromatic N) is 2. The first-order chi connectivity index (χ1) is 14.3. The Morgan fingerprint density at radius 3 is 2.53 bits per heavy atom. The summed E-state index contributed by atoms with van der Waals surface area (Å²) in [5.74, 6) is -1.55. The van der Waals surface area contributed by atoms with Crippen LogP contribution in [0.2, 0.25) is 0 Å². The predicted octanol–water partition coefficient (Wildman–Crippen LogP) is 1.59. The van der Waals surface area contributed by atoms with Crippen molar-refractivity contribution >= 4 is 15.9 Å². The van der Waals surface area contributed by atoms with Gasteiger partial charge < -0.3 is 10.1 Å². The number of hydrogen-bond donors (Lipinski definition) is 1. The molecule has 4 rings (SSSR count). The van der Waals surface area contributed by atoms with Crippen LogP contribution in [0.3, 0.4) is 0 Å². The van der Waals surface area contributed by atoms with E-state index in [0.29, 0.717) is 50.2 Å². The highest BCUT2D eigenvalue weighted by Gasteiger charge is 2.31. The Bertz CT molecular complexity index is 1070. The van der Waals surface area contributed by atoms with Crippen molar-refractivity contribution in [2.24, 2.45) is 0 Å². The maximum atomic E-state index is 14.0. The highest BCUT2D eigenvalue weighted by atomic mass is 32.2. The van der Waals surface area contributed by atoms with Gasteiger partial charge in [0.1, 0.15) is 28.9 Å². The molecule has 2 heterocycles. The van der Waals surface area contributed by atoms with Crippen LogP contribution in [-0.2, 0) is 16.6 Å². The van der Waals surface area contributed by atoms with Gasteiger partial charge in [-0.1, -0.05) is 6.07 Å². The minimum atomic E-state index is -4.03.